The van der Waals surface area contributed by atoms with Crippen LogP contribution in [0.5, 0.6) is 0 Å². The Kier molecular flexibility index (Phi) is 4.86. The van der Waals surface area contributed by atoms with E-state index in [1.54, 1.807) is 26.0 Å². The summed E-state index contributed by atoms with van der Waals surface area (Å²) in [6, 6.07) is 4.62. The van der Waals surface area contributed by atoms with Crippen molar-refractivity contribution in [2.75, 3.05) is 0 Å². The van der Waals surface area contributed by atoms with E-state index in [4.69, 9.17) is 23.2 Å². The molecular weight excluding hydrogens is 379 g/mol. The van der Waals surface area contributed by atoms with Crippen molar-refractivity contribution in [1.82, 2.24) is 9.55 Å². The van der Waals surface area contributed by atoms with E-state index in [1.165, 1.54) is 10.6 Å². The number of hydrogen-bond acceptors (Lipinski definition) is 3. The molecule has 0 bridgehead atoms. The quantitative estimate of drug-likeness (QED) is 0.750. The number of hydrogen-bond donors (Lipinski definition) is 0. The summed E-state index contributed by atoms with van der Waals surface area (Å²) in [6.45, 7) is 3.34. The second kappa shape index (κ2) is 6.30. The number of benzene rings is 1. The van der Waals surface area contributed by atoms with Crippen LogP contribution < -0.4 is 5.69 Å². The minimum atomic E-state index is -0.466. The van der Waals surface area contributed by atoms with Crippen LogP contribution in [0.25, 0.3) is 0 Å². The molecule has 0 radical (unpaired) electrons. The predicted molar refractivity (Wildman–Crippen MR) is 86.5 cm³/mol. The van der Waals surface area contributed by atoms with Crippen molar-refractivity contribution in [3.63, 3.8) is 0 Å². The first-order valence-electron chi connectivity index (χ1n) is 6.03. The van der Waals surface area contributed by atoms with Gasteiger partial charge in [0.15, 0.2) is 5.78 Å². The summed E-state index contributed by atoms with van der Waals surface area (Å²) in [7, 11) is 0. The molecule has 0 N–H and O–H groups in total. The Morgan fingerprint density at radius 3 is 2.62 bits per heavy atom. The maximum Gasteiger partial charge on any atom is 0.348 e. The van der Waals surface area contributed by atoms with Crippen LogP contribution in [0.4, 0.5) is 0 Å². The van der Waals surface area contributed by atoms with Crippen LogP contribution in [-0.4, -0.2) is 15.3 Å². The van der Waals surface area contributed by atoms with Crippen molar-refractivity contribution < 1.29 is 4.79 Å². The lowest BCUT2D eigenvalue weighted by Crippen LogP contribution is -2.29. The molecule has 0 spiro atoms. The Bertz CT molecular complexity index is 787. The molecule has 1 aromatic heterocycles. The molecule has 0 fully saturated rings. The fourth-order valence-corrected chi connectivity index (χ4v) is 2.72. The van der Waals surface area contributed by atoms with Gasteiger partial charge in [0, 0.05) is 16.3 Å². The van der Waals surface area contributed by atoms with Gasteiger partial charge in [-0.25, -0.2) is 4.79 Å². The van der Waals surface area contributed by atoms with Crippen LogP contribution in [-0.2, 0) is 6.54 Å². The molecule has 2 rings (SSSR count). The number of halogens is 3. The van der Waals surface area contributed by atoms with Crippen molar-refractivity contribution in [1.29, 1.82) is 0 Å². The topological polar surface area (TPSA) is 52.0 Å². The third-order valence-electron chi connectivity index (χ3n) is 3.07. The van der Waals surface area contributed by atoms with Gasteiger partial charge < -0.3 is 0 Å². The van der Waals surface area contributed by atoms with Crippen molar-refractivity contribution in [2.24, 2.45) is 0 Å². The predicted octanol–water partition coefficient (Wildman–Crippen LogP) is 3.81. The number of carbonyl (C=O) groups is 1. The summed E-state index contributed by atoms with van der Waals surface area (Å²) >= 11 is 15.2. The Balaban J connectivity index is 2.41. The van der Waals surface area contributed by atoms with E-state index < -0.39 is 5.69 Å². The van der Waals surface area contributed by atoms with E-state index >= 15 is 0 Å². The number of Topliss-reactive ketones (excluding diaryl/α,β-unsaturated/α-hetero) is 1. The lowest BCUT2D eigenvalue weighted by Gasteiger charge is -2.12. The van der Waals surface area contributed by atoms with Crippen molar-refractivity contribution in [3.8, 4) is 0 Å². The van der Waals surface area contributed by atoms with Gasteiger partial charge in [-0.2, -0.15) is 4.98 Å². The number of ketones is 1. The molecule has 0 saturated carbocycles. The zero-order valence-electron chi connectivity index (χ0n) is 11.3. The lowest BCUT2D eigenvalue weighted by molar-refractivity contribution is 0.0969. The molecule has 0 saturated heterocycles. The van der Waals surface area contributed by atoms with Gasteiger partial charge in [-0.15, -0.1) is 0 Å². The van der Waals surface area contributed by atoms with Crippen LogP contribution >= 0.6 is 39.1 Å². The number of aromatic nitrogens is 2. The second-order valence-corrected chi connectivity index (χ2v) is 6.15. The normalized spacial score (nSPS) is 10.7. The van der Waals surface area contributed by atoms with Crippen molar-refractivity contribution >= 4 is 44.9 Å². The van der Waals surface area contributed by atoms with E-state index in [-0.39, 0.29) is 17.4 Å². The first kappa shape index (κ1) is 16.2. The van der Waals surface area contributed by atoms with Gasteiger partial charge in [-0.1, -0.05) is 23.2 Å². The molecule has 0 aliphatic carbocycles. The third-order valence-corrected chi connectivity index (χ3v) is 4.76. The molecule has 2 aromatic rings. The van der Waals surface area contributed by atoms with Crippen LogP contribution in [0.3, 0.4) is 0 Å². The minimum absolute atomic E-state index is 0.127. The highest BCUT2D eigenvalue weighted by Crippen LogP contribution is 2.22. The molecule has 0 amide bonds. The largest absolute Gasteiger partial charge is 0.348 e. The molecule has 1 heterocycles. The summed E-state index contributed by atoms with van der Waals surface area (Å²) in [6.07, 6.45) is 0. The van der Waals surface area contributed by atoms with Gasteiger partial charge in [0.2, 0.25) is 0 Å². The maximum absolute atomic E-state index is 12.3. The van der Waals surface area contributed by atoms with Crippen LogP contribution in [0, 0.1) is 13.8 Å². The van der Waals surface area contributed by atoms with Gasteiger partial charge in [-0.3, -0.25) is 9.36 Å². The summed E-state index contributed by atoms with van der Waals surface area (Å²) in [5.41, 5.74) is 1.09. The third kappa shape index (κ3) is 3.36. The average molecular weight is 390 g/mol. The zero-order valence-corrected chi connectivity index (χ0v) is 14.4. The van der Waals surface area contributed by atoms with Crippen LogP contribution in [0.15, 0.2) is 27.5 Å². The van der Waals surface area contributed by atoms with E-state index in [1.807, 2.05) is 0 Å². The maximum atomic E-state index is 12.3. The number of rotatable bonds is 3. The summed E-state index contributed by atoms with van der Waals surface area (Å²) < 4.78 is 2.02. The van der Waals surface area contributed by atoms with Gasteiger partial charge in [0.1, 0.15) is 0 Å². The monoisotopic (exact) mass is 388 g/mol. The molecule has 4 nitrogen and oxygen atoms in total. The highest BCUT2D eigenvalue weighted by Gasteiger charge is 2.16. The van der Waals surface area contributed by atoms with E-state index in [9.17, 15) is 9.59 Å². The summed E-state index contributed by atoms with van der Waals surface area (Å²) in [4.78, 5) is 28.1. The average Bonchev–Trinajstić information content (AvgIpc) is 2.41. The Hall–Kier alpha value is -1.17. The van der Waals surface area contributed by atoms with E-state index in [2.05, 4.69) is 20.9 Å². The van der Waals surface area contributed by atoms with Gasteiger partial charge in [0.25, 0.3) is 0 Å². The fraction of sp³-hybridized carbons (Fsp3) is 0.214. The van der Waals surface area contributed by atoms with Crippen LogP contribution in [0.2, 0.25) is 10.0 Å². The van der Waals surface area contributed by atoms with E-state index in [0.717, 1.165) is 0 Å². The first-order chi connectivity index (χ1) is 9.81. The Labute approximate surface area is 139 Å². The Morgan fingerprint density at radius 1 is 1.33 bits per heavy atom. The molecule has 0 unspecified atom stereocenters. The molecule has 110 valence electrons. The Morgan fingerprint density at radius 2 is 2.00 bits per heavy atom. The van der Waals surface area contributed by atoms with Crippen molar-refractivity contribution in [3.05, 3.63) is 60.2 Å². The molecule has 7 heteroatoms. The zero-order chi connectivity index (χ0) is 15.7. The first-order valence-corrected chi connectivity index (χ1v) is 7.58. The second-order valence-electron chi connectivity index (χ2n) is 4.51. The number of carbonyl (C=O) groups excluding carboxylic acids is 1. The molecule has 0 aliphatic rings. The fourth-order valence-electron chi connectivity index (χ4n) is 1.91. The highest BCUT2D eigenvalue weighted by atomic mass is 79.9. The molecule has 0 aliphatic heterocycles. The summed E-state index contributed by atoms with van der Waals surface area (Å²) in [5, 5.41) is 0.710. The molecule has 1 aromatic carbocycles. The number of nitrogens with zero attached hydrogens (tertiary/aromatic N) is 2. The SMILES string of the molecule is Cc1nc(=O)n(CC(=O)c2ccc(Cl)cc2Cl)c(C)c1Br. The van der Waals surface area contributed by atoms with Crippen LogP contribution in [0.1, 0.15) is 21.7 Å². The van der Waals surface area contributed by atoms with Gasteiger partial charge >= 0.3 is 5.69 Å². The lowest BCUT2D eigenvalue weighted by atomic mass is 10.1. The number of aryl methyl sites for hydroxylation is 1. The van der Waals surface area contributed by atoms with Gasteiger partial charge in [-0.05, 0) is 48.0 Å². The minimum Gasteiger partial charge on any atom is -0.292 e. The summed E-state index contributed by atoms with van der Waals surface area (Å²) in [5.74, 6) is -0.278. The highest BCUT2D eigenvalue weighted by molar-refractivity contribution is 9.10. The van der Waals surface area contributed by atoms with Crippen molar-refractivity contribution in [2.45, 2.75) is 20.4 Å². The molecule has 21 heavy (non-hydrogen) atoms. The molecular formula is C14H11BrCl2N2O2. The molecule has 0 atom stereocenters. The van der Waals surface area contributed by atoms with Gasteiger partial charge in [0.05, 0.1) is 21.7 Å². The smallest absolute Gasteiger partial charge is 0.292 e. The standard InChI is InChI=1S/C14H11BrCl2N2O2/c1-7-13(15)8(2)19(14(21)18-7)6-12(20)10-4-3-9(16)5-11(10)17/h3-5H,6H2,1-2H3. The van der Waals surface area contributed by atoms with E-state index in [0.29, 0.717) is 26.4 Å².